The monoisotopic (exact) mass is 660 g/mol. The van der Waals surface area contributed by atoms with E-state index in [0.29, 0.717) is 15.7 Å². The quantitative estimate of drug-likeness (QED) is 0.210. The topological polar surface area (TPSA) is 118 Å². The molecule has 43 heavy (non-hydrogen) atoms. The fourth-order valence-corrected chi connectivity index (χ4v) is 4.95. The molecule has 3 aromatic carbocycles. The molecule has 4 N–H and O–H groups in total. The van der Waals surface area contributed by atoms with Crippen LogP contribution in [0.25, 0.3) is 0 Å². The van der Waals surface area contributed by atoms with E-state index in [1.807, 2.05) is 19.1 Å². The van der Waals surface area contributed by atoms with E-state index in [9.17, 15) is 27.6 Å². The number of rotatable bonds is 9. The molecule has 0 radical (unpaired) electrons. The second-order valence-corrected chi connectivity index (χ2v) is 10.4. The molecule has 1 aliphatic rings. The second-order valence-electron chi connectivity index (χ2n) is 9.51. The molecule has 0 aromatic heterocycles. The van der Waals surface area contributed by atoms with Crippen molar-refractivity contribution in [2.75, 3.05) is 23.8 Å². The van der Waals surface area contributed by atoms with E-state index in [-0.39, 0.29) is 41.7 Å². The summed E-state index contributed by atoms with van der Waals surface area (Å²) in [6.07, 6.45) is -4.59. The minimum atomic E-state index is -4.59. The van der Waals surface area contributed by atoms with Crippen molar-refractivity contribution in [3.8, 4) is 11.5 Å². The first-order valence-corrected chi connectivity index (χ1v) is 13.9. The van der Waals surface area contributed by atoms with Gasteiger partial charge in [0, 0.05) is 21.5 Å². The van der Waals surface area contributed by atoms with Crippen molar-refractivity contribution in [3.05, 3.63) is 93.1 Å². The van der Waals surface area contributed by atoms with Crippen molar-refractivity contribution >= 4 is 45.2 Å². The number of nitrogens with one attached hydrogen (secondary N) is 4. The number of allylic oxidation sites excluding steroid dienone is 1. The highest BCUT2D eigenvalue weighted by Gasteiger charge is 2.34. The third-order valence-electron chi connectivity index (χ3n) is 6.41. The Hall–Kier alpha value is -4.52. The number of hydrogen-bond donors (Lipinski definition) is 4. The van der Waals surface area contributed by atoms with Crippen molar-refractivity contribution in [1.82, 2.24) is 10.6 Å². The zero-order chi connectivity index (χ0) is 31.3. The molecule has 1 aliphatic heterocycles. The number of carbonyl (C=O) groups is 3. The molecular weight excluding hydrogens is 633 g/mol. The van der Waals surface area contributed by atoms with Gasteiger partial charge in [-0.3, -0.25) is 9.59 Å². The molecule has 4 amide bonds. The number of urea groups is 1. The number of anilines is 2. The van der Waals surface area contributed by atoms with Crippen molar-refractivity contribution < 1.29 is 37.0 Å². The predicted octanol–water partition coefficient (Wildman–Crippen LogP) is 6.46. The van der Waals surface area contributed by atoms with Gasteiger partial charge in [0.25, 0.3) is 11.8 Å². The maximum atomic E-state index is 13.4. The van der Waals surface area contributed by atoms with Crippen molar-refractivity contribution in [2.45, 2.75) is 33.0 Å². The lowest BCUT2D eigenvalue weighted by Crippen LogP contribution is -2.46. The van der Waals surface area contributed by atoms with Crippen LogP contribution in [-0.4, -0.2) is 31.1 Å². The van der Waals surface area contributed by atoms with Crippen LogP contribution in [0.5, 0.6) is 11.5 Å². The molecule has 226 valence electrons. The number of ether oxygens (including phenoxy) is 2. The molecule has 0 unspecified atom stereocenters. The lowest BCUT2D eigenvalue weighted by atomic mass is 9.94. The van der Waals surface area contributed by atoms with Gasteiger partial charge in [-0.15, -0.1) is 0 Å². The van der Waals surface area contributed by atoms with Crippen molar-refractivity contribution in [3.63, 3.8) is 0 Å². The summed E-state index contributed by atoms with van der Waals surface area (Å²) in [5.41, 5.74) is 1.22. The summed E-state index contributed by atoms with van der Waals surface area (Å²) >= 11 is 3.47. The van der Waals surface area contributed by atoms with Crippen LogP contribution in [0.1, 0.15) is 36.6 Å². The minimum Gasteiger partial charge on any atom is -0.490 e. The Balaban J connectivity index is 1.60. The number of hydrogen-bond acceptors (Lipinski definition) is 5. The van der Waals surface area contributed by atoms with Crippen LogP contribution in [0.15, 0.2) is 76.4 Å². The van der Waals surface area contributed by atoms with E-state index in [0.717, 1.165) is 17.7 Å². The molecule has 4 rings (SSSR count). The molecule has 13 heteroatoms. The van der Waals surface area contributed by atoms with Gasteiger partial charge in [0.05, 0.1) is 23.8 Å². The van der Waals surface area contributed by atoms with Crippen LogP contribution in [0.3, 0.4) is 0 Å². The van der Waals surface area contributed by atoms with Crippen LogP contribution in [0, 0.1) is 6.92 Å². The van der Waals surface area contributed by atoms with Crippen molar-refractivity contribution in [2.24, 2.45) is 0 Å². The highest BCUT2D eigenvalue weighted by atomic mass is 79.9. The van der Waals surface area contributed by atoms with Crippen LogP contribution < -0.4 is 30.7 Å². The van der Waals surface area contributed by atoms with E-state index in [1.54, 1.807) is 31.2 Å². The molecule has 3 aromatic rings. The smallest absolute Gasteiger partial charge is 0.416 e. The van der Waals surface area contributed by atoms with E-state index < -0.39 is 35.6 Å². The fraction of sp³-hybridized carbons (Fsp3) is 0.233. The maximum absolute atomic E-state index is 13.4. The highest BCUT2D eigenvalue weighted by Crippen LogP contribution is 2.40. The number of aryl methyl sites for hydroxylation is 1. The first-order chi connectivity index (χ1) is 20.4. The third kappa shape index (κ3) is 7.66. The minimum absolute atomic E-state index is 0.0615. The van der Waals surface area contributed by atoms with Gasteiger partial charge in [-0.1, -0.05) is 40.2 Å². The van der Waals surface area contributed by atoms with Crippen LogP contribution in [-0.2, 0) is 15.8 Å². The highest BCUT2D eigenvalue weighted by molar-refractivity contribution is 9.10. The summed E-state index contributed by atoms with van der Waals surface area (Å²) in [5.74, 6) is -0.650. The summed E-state index contributed by atoms with van der Waals surface area (Å²) < 4.78 is 51.6. The molecule has 1 atom stereocenters. The van der Waals surface area contributed by atoms with Crippen LogP contribution in [0.4, 0.5) is 29.3 Å². The fourth-order valence-electron chi connectivity index (χ4n) is 4.40. The largest absolute Gasteiger partial charge is 0.490 e. The van der Waals surface area contributed by atoms with Crippen molar-refractivity contribution in [1.29, 1.82) is 0 Å². The van der Waals surface area contributed by atoms with Crippen LogP contribution >= 0.6 is 15.9 Å². The number of amides is 4. The van der Waals surface area contributed by atoms with Gasteiger partial charge in [0.1, 0.15) is 0 Å². The Morgan fingerprint density at radius 2 is 1.70 bits per heavy atom. The Bertz CT molecular complexity index is 1590. The number of benzene rings is 3. The summed E-state index contributed by atoms with van der Waals surface area (Å²) in [5, 5.41) is 10.5. The average Bonchev–Trinajstić information content (AvgIpc) is 2.93. The summed E-state index contributed by atoms with van der Waals surface area (Å²) in [6, 6.07) is 13.0. The second kappa shape index (κ2) is 13.2. The number of halogens is 4. The maximum Gasteiger partial charge on any atom is 0.416 e. The lowest BCUT2D eigenvalue weighted by molar-refractivity contribution is -0.137. The van der Waals surface area contributed by atoms with Crippen LogP contribution in [0.2, 0.25) is 0 Å². The summed E-state index contributed by atoms with van der Waals surface area (Å²) in [7, 11) is 0. The van der Waals surface area contributed by atoms with E-state index >= 15 is 0 Å². The molecule has 0 fully saturated rings. The van der Waals surface area contributed by atoms with E-state index in [1.165, 1.54) is 19.1 Å². The summed E-state index contributed by atoms with van der Waals surface area (Å²) in [4.78, 5) is 38.4. The van der Waals surface area contributed by atoms with Gasteiger partial charge in [-0.25, -0.2) is 4.79 Å². The summed E-state index contributed by atoms with van der Waals surface area (Å²) in [6.45, 7) is 5.04. The van der Waals surface area contributed by atoms with E-state index in [2.05, 4.69) is 37.2 Å². The Morgan fingerprint density at radius 1 is 0.977 bits per heavy atom. The lowest BCUT2D eigenvalue weighted by Gasteiger charge is -2.30. The third-order valence-corrected chi connectivity index (χ3v) is 7.10. The van der Waals surface area contributed by atoms with Gasteiger partial charge in [-0.2, -0.15) is 13.2 Å². The molecule has 0 aliphatic carbocycles. The van der Waals surface area contributed by atoms with Gasteiger partial charge in [-0.05, 0) is 68.3 Å². The first kappa shape index (κ1) is 31.4. The average molecular weight is 661 g/mol. The predicted molar refractivity (Wildman–Crippen MR) is 158 cm³/mol. The molecule has 0 spiro atoms. The van der Waals surface area contributed by atoms with Gasteiger partial charge in [0.15, 0.2) is 18.1 Å². The standard InChI is InChI=1S/C30H28BrF3N4O5/c1-4-42-23-13-20(21(31)14-24(23)43-15-25(39)37-22-11-6-5-8-16(22)2)27-26(17(3)35-29(41)38-27)28(40)36-19-10-7-9-18(12-19)30(32,33)34/h5-14,27H,4,15H2,1-3H3,(H,36,40)(H,37,39)(H2,35,38,41)/t27-/m1/s1. The normalized spacial score (nSPS) is 14.9. The van der Waals surface area contributed by atoms with Gasteiger partial charge in [0.2, 0.25) is 0 Å². The zero-order valence-electron chi connectivity index (χ0n) is 23.3. The Kier molecular flexibility index (Phi) is 9.64. The Morgan fingerprint density at radius 3 is 2.40 bits per heavy atom. The van der Waals surface area contributed by atoms with Gasteiger partial charge < -0.3 is 30.7 Å². The molecule has 0 saturated carbocycles. The molecule has 9 nitrogen and oxygen atoms in total. The van der Waals surface area contributed by atoms with Gasteiger partial charge >= 0.3 is 12.2 Å². The number of alkyl halides is 3. The number of para-hydroxylation sites is 1. The molecule has 0 bridgehead atoms. The van der Waals surface area contributed by atoms with E-state index in [4.69, 9.17) is 9.47 Å². The SMILES string of the molecule is CCOc1cc([C@H]2NC(=O)NC(C)=C2C(=O)Nc2cccc(C(F)(F)F)c2)c(Br)cc1OCC(=O)Nc1ccccc1C. The molecule has 0 saturated heterocycles. The Labute approximate surface area is 254 Å². The first-order valence-electron chi connectivity index (χ1n) is 13.1. The zero-order valence-corrected chi connectivity index (χ0v) is 24.9. The number of carbonyl (C=O) groups excluding carboxylic acids is 3. The molecule has 1 heterocycles. The molecular formula is C30H28BrF3N4O5.